The van der Waals surface area contributed by atoms with Crippen LogP contribution in [0.2, 0.25) is 0 Å². The smallest absolute Gasteiger partial charge is 0.234 e. The molecule has 122 valence electrons. The maximum Gasteiger partial charge on any atom is 0.234 e. The molecule has 1 saturated heterocycles. The topological polar surface area (TPSA) is 75.4 Å². The van der Waals surface area contributed by atoms with Crippen LogP contribution < -0.4 is 4.90 Å². The number of nitrogens with zero attached hydrogens (tertiary/aromatic N) is 5. The first-order valence-electron chi connectivity index (χ1n) is 7.62. The van der Waals surface area contributed by atoms with E-state index in [-0.39, 0.29) is 11.3 Å². The fourth-order valence-corrected chi connectivity index (χ4v) is 2.77. The van der Waals surface area contributed by atoms with Crippen LogP contribution in [0, 0.1) is 0 Å². The summed E-state index contributed by atoms with van der Waals surface area (Å²) in [7, 11) is 3.88. The zero-order chi connectivity index (χ0) is 16.6. The van der Waals surface area contributed by atoms with Crippen molar-refractivity contribution in [3.63, 3.8) is 0 Å². The van der Waals surface area contributed by atoms with E-state index in [1.165, 1.54) is 0 Å². The summed E-state index contributed by atoms with van der Waals surface area (Å²) < 4.78 is 5.47. The summed E-state index contributed by atoms with van der Waals surface area (Å²) in [5.41, 5.74) is 0.532. The summed E-state index contributed by atoms with van der Waals surface area (Å²) >= 11 is 0. The normalized spacial score (nSPS) is 20.8. The van der Waals surface area contributed by atoms with E-state index in [1.807, 2.05) is 36.0 Å². The number of carbonyl (C=O) groups excluding carboxylic acids is 1. The van der Waals surface area contributed by atoms with Gasteiger partial charge in [-0.15, -0.1) is 0 Å². The molecule has 2 aromatic rings. The average Bonchev–Trinajstić information content (AvgIpc) is 3.15. The quantitative estimate of drug-likeness (QED) is 0.858. The Balaban J connectivity index is 1.82. The van der Waals surface area contributed by atoms with Crippen molar-refractivity contribution in [1.29, 1.82) is 0 Å². The fraction of sp³-hybridized carbons (Fsp3) is 0.500. The summed E-state index contributed by atoms with van der Waals surface area (Å²) in [6.07, 6.45) is 2.56. The molecule has 0 N–H and O–H groups in total. The number of aromatic nitrogens is 3. The van der Waals surface area contributed by atoms with Crippen LogP contribution in [0.3, 0.4) is 0 Å². The van der Waals surface area contributed by atoms with Crippen LogP contribution in [0.1, 0.15) is 26.2 Å². The third-order valence-electron chi connectivity index (χ3n) is 4.33. The first-order chi connectivity index (χ1) is 10.9. The Morgan fingerprint density at radius 3 is 2.74 bits per heavy atom. The number of hydrogen-bond donors (Lipinski definition) is 0. The summed E-state index contributed by atoms with van der Waals surface area (Å²) in [5, 5.41) is 4.08. The van der Waals surface area contributed by atoms with Gasteiger partial charge in [-0.25, -0.2) is 4.98 Å². The second-order valence-corrected chi connectivity index (χ2v) is 6.47. The van der Waals surface area contributed by atoms with Crippen molar-refractivity contribution in [3.05, 3.63) is 24.2 Å². The Labute approximate surface area is 135 Å². The molecule has 1 aliphatic heterocycles. The molecule has 0 aliphatic carbocycles. The first-order valence-corrected chi connectivity index (χ1v) is 7.62. The van der Waals surface area contributed by atoms with Crippen LogP contribution in [-0.2, 0) is 10.2 Å². The highest BCUT2D eigenvalue weighted by Crippen LogP contribution is 2.34. The second kappa shape index (κ2) is 5.64. The van der Waals surface area contributed by atoms with E-state index in [2.05, 4.69) is 22.0 Å². The highest BCUT2D eigenvalue weighted by atomic mass is 16.5. The summed E-state index contributed by atoms with van der Waals surface area (Å²) in [4.78, 5) is 24.2. The van der Waals surface area contributed by atoms with Crippen molar-refractivity contribution in [2.24, 2.45) is 0 Å². The molecule has 1 unspecified atom stereocenters. The van der Waals surface area contributed by atoms with E-state index in [4.69, 9.17) is 4.52 Å². The summed E-state index contributed by atoms with van der Waals surface area (Å²) in [5.74, 6) is 2.06. The van der Waals surface area contributed by atoms with Crippen molar-refractivity contribution in [2.75, 3.05) is 32.1 Å². The minimum atomic E-state index is -0.284. The Morgan fingerprint density at radius 1 is 1.39 bits per heavy atom. The molecule has 0 radical (unpaired) electrons. The molecule has 3 rings (SSSR count). The van der Waals surface area contributed by atoms with Gasteiger partial charge in [-0.05, 0) is 25.5 Å². The first kappa shape index (κ1) is 15.5. The minimum absolute atomic E-state index is 0.0805. The molecule has 1 amide bonds. The number of hydrogen-bond acceptors (Lipinski definition) is 6. The Bertz CT molecular complexity index is 710. The third-order valence-corrected chi connectivity index (χ3v) is 4.33. The zero-order valence-electron chi connectivity index (χ0n) is 13.9. The third kappa shape index (κ3) is 2.91. The molecule has 23 heavy (non-hydrogen) atoms. The van der Waals surface area contributed by atoms with Crippen LogP contribution in [0.5, 0.6) is 0 Å². The average molecular weight is 315 g/mol. The van der Waals surface area contributed by atoms with E-state index in [0.29, 0.717) is 18.3 Å². The monoisotopic (exact) mass is 315 g/mol. The molecule has 1 atom stereocenters. The molecule has 7 nitrogen and oxygen atoms in total. The lowest BCUT2D eigenvalue weighted by atomic mass is 9.90. The van der Waals surface area contributed by atoms with Gasteiger partial charge in [0.05, 0.1) is 5.41 Å². The van der Waals surface area contributed by atoms with Crippen molar-refractivity contribution < 1.29 is 9.32 Å². The van der Waals surface area contributed by atoms with E-state index in [9.17, 15) is 4.79 Å². The molecular weight excluding hydrogens is 294 g/mol. The standard InChI is InChI=1S/C16H21N5O2/c1-11(22)21-8-7-16(2,10-21)15-18-14(19-23-15)12-5-6-13(17-9-12)20(3)4/h5-6,9H,7-8,10H2,1-4H3. The van der Waals surface area contributed by atoms with Gasteiger partial charge >= 0.3 is 0 Å². The highest BCUT2D eigenvalue weighted by molar-refractivity contribution is 5.73. The molecule has 0 bridgehead atoms. The number of amides is 1. The van der Waals surface area contributed by atoms with E-state index < -0.39 is 0 Å². The van der Waals surface area contributed by atoms with Crippen LogP contribution in [0.15, 0.2) is 22.9 Å². The van der Waals surface area contributed by atoms with Crippen molar-refractivity contribution in [1.82, 2.24) is 20.0 Å². The van der Waals surface area contributed by atoms with Gasteiger partial charge in [0.25, 0.3) is 0 Å². The predicted molar refractivity (Wildman–Crippen MR) is 86.1 cm³/mol. The molecule has 2 aromatic heterocycles. The van der Waals surface area contributed by atoms with Crippen molar-refractivity contribution >= 4 is 11.7 Å². The molecule has 0 spiro atoms. The molecule has 0 saturated carbocycles. The largest absolute Gasteiger partial charge is 0.363 e. The highest BCUT2D eigenvalue weighted by Gasteiger charge is 2.41. The van der Waals surface area contributed by atoms with E-state index in [0.717, 1.165) is 24.3 Å². The molecule has 3 heterocycles. The lowest BCUT2D eigenvalue weighted by Crippen LogP contribution is -2.31. The maximum atomic E-state index is 11.5. The van der Waals surface area contributed by atoms with E-state index >= 15 is 0 Å². The lowest BCUT2D eigenvalue weighted by molar-refractivity contribution is -0.128. The number of likely N-dealkylation sites (tertiary alicyclic amines) is 1. The Morgan fingerprint density at radius 2 is 2.17 bits per heavy atom. The van der Waals surface area contributed by atoms with Gasteiger partial charge in [-0.3, -0.25) is 4.79 Å². The molecular formula is C16H21N5O2. The number of carbonyl (C=O) groups is 1. The van der Waals surface area contributed by atoms with Crippen LogP contribution >= 0.6 is 0 Å². The van der Waals surface area contributed by atoms with Gasteiger partial charge in [-0.2, -0.15) is 4.98 Å². The molecule has 0 aromatic carbocycles. The second-order valence-electron chi connectivity index (χ2n) is 6.47. The minimum Gasteiger partial charge on any atom is -0.363 e. The predicted octanol–water partition coefficient (Wildman–Crippen LogP) is 1.71. The van der Waals surface area contributed by atoms with Gasteiger partial charge in [-0.1, -0.05) is 5.16 Å². The summed E-state index contributed by atoms with van der Waals surface area (Å²) in [6, 6.07) is 3.84. The van der Waals surface area contributed by atoms with E-state index in [1.54, 1.807) is 13.1 Å². The van der Waals surface area contributed by atoms with Gasteiger partial charge in [0.15, 0.2) is 0 Å². The van der Waals surface area contributed by atoms with Crippen molar-refractivity contribution in [3.8, 4) is 11.4 Å². The van der Waals surface area contributed by atoms with Gasteiger partial charge in [0.1, 0.15) is 5.82 Å². The van der Waals surface area contributed by atoms with Crippen molar-refractivity contribution in [2.45, 2.75) is 25.7 Å². The number of pyridine rings is 1. The molecule has 7 heteroatoms. The lowest BCUT2D eigenvalue weighted by Gasteiger charge is -2.19. The fourth-order valence-electron chi connectivity index (χ4n) is 2.77. The van der Waals surface area contributed by atoms with Gasteiger partial charge in [0, 0.05) is 45.9 Å². The number of anilines is 1. The van der Waals surface area contributed by atoms with Crippen LogP contribution in [0.4, 0.5) is 5.82 Å². The maximum absolute atomic E-state index is 11.5. The summed E-state index contributed by atoms with van der Waals surface area (Å²) in [6.45, 7) is 4.98. The zero-order valence-corrected chi connectivity index (χ0v) is 13.9. The molecule has 1 fully saturated rings. The van der Waals surface area contributed by atoms with Crippen LogP contribution in [0.25, 0.3) is 11.4 Å². The number of rotatable bonds is 3. The Kier molecular flexibility index (Phi) is 3.79. The van der Waals surface area contributed by atoms with Gasteiger partial charge < -0.3 is 14.3 Å². The van der Waals surface area contributed by atoms with Gasteiger partial charge in [0.2, 0.25) is 17.6 Å². The Hall–Kier alpha value is -2.44. The van der Waals surface area contributed by atoms with Crippen LogP contribution in [-0.4, -0.2) is 53.1 Å². The SMILES string of the molecule is CC(=O)N1CCC(C)(c2nc(-c3ccc(N(C)C)nc3)no2)C1. The molecule has 1 aliphatic rings.